The molecule has 90 valence electrons. The summed E-state index contributed by atoms with van der Waals surface area (Å²) in [5.41, 5.74) is -0.398. The van der Waals surface area contributed by atoms with Gasteiger partial charge in [-0.3, -0.25) is 0 Å². The molecule has 2 rings (SSSR count). The minimum absolute atomic E-state index is 0.0455. The van der Waals surface area contributed by atoms with Crippen LogP contribution in [0.15, 0.2) is 44.4 Å². The van der Waals surface area contributed by atoms with E-state index in [1.54, 1.807) is 31.2 Å². The quantitative estimate of drug-likeness (QED) is 0.783. The molecule has 0 N–H and O–H groups in total. The Labute approximate surface area is 98.8 Å². The lowest BCUT2D eigenvalue weighted by molar-refractivity contribution is 0.532. The van der Waals surface area contributed by atoms with Crippen LogP contribution in [0.25, 0.3) is 11.0 Å². The molecular weight excluding hydrogens is 240 g/mol. The Morgan fingerprint density at radius 1 is 1.24 bits per heavy atom. The molecule has 0 amide bonds. The zero-order valence-corrected chi connectivity index (χ0v) is 10.2. The second-order valence-electron chi connectivity index (χ2n) is 3.75. The third-order valence-electron chi connectivity index (χ3n) is 2.42. The van der Waals surface area contributed by atoms with Crippen molar-refractivity contribution in [1.29, 1.82) is 0 Å². The van der Waals surface area contributed by atoms with Crippen molar-refractivity contribution in [1.82, 2.24) is 0 Å². The summed E-state index contributed by atoms with van der Waals surface area (Å²) in [5, 5.41) is 0.613. The molecule has 0 aliphatic carbocycles. The van der Waals surface area contributed by atoms with Gasteiger partial charge in [0.1, 0.15) is 5.58 Å². The summed E-state index contributed by atoms with van der Waals surface area (Å²) in [6.07, 6.45) is 0.467. The van der Waals surface area contributed by atoms with E-state index in [0.717, 1.165) is 0 Å². The third kappa shape index (κ3) is 2.24. The lowest BCUT2D eigenvalue weighted by atomic mass is 10.2. The van der Waals surface area contributed by atoms with Gasteiger partial charge in [0.15, 0.2) is 14.7 Å². The van der Waals surface area contributed by atoms with Crippen LogP contribution < -0.4 is 5.63 Å². The van der Waals surface area contributed by atoms with Gasteiger partial charge < -0.3 is 4.42 Å². The van der Waals surface area contributed by atoms with E-state index in [4.69, 9.17) is 4.42 Å². The molecule has 5 heteroatoms. The predicted molar refractivity (Wildman–Crippen MR) is 64.8 cm³/mol. The van der Waals surface area contributed by atoms with E-state index in [9.17, 15) is 13.2 Å². The van der Waals surface area contributed by atoms with Crippen molar-refractivity contribution in [3.05, 3.63) is 40.8 Å². The van der Waals surface area contributed by atoms with E-state index in [1.807, 2.05) is 0 Å². The molecule has 17 heavy (non-hydrogen) atoms. The van der Waals surface area contributed by atoms with Crippen LogP contribution >= 0.6 is 0 Å². The fourth-order valence-electron chi connectivity index (χ4n) is 1.64. The highest BCUT2D eigenvalue weighted by Gasteiger charge is 2.19. The van der Waals surface area contributed by atoms with Gasteiger partial charge in [-0.25, -0.2) is 13.2 Å². The van der Waals surface area contributed by atoms with Crippen LogP contribution in [-0.2, 0) is 9.84 Å². The van der Waals surface area contributed by atoms with Gasteiger partial charge in [0.05, 0.1) is 5.75 Å². The van der Waals surface area contributed by atoms with Crippen molar-refractivity contribution in [2.24, 2.45) is 0 Å². The zero-order valence-electron chi connectivity index (χ0n) is 9.34. The monoisotopic (exact) mass is 252 g/mol. The molecule has 0 aliphatic heterocycles. The first-order valence-corrected chi connectivity index (χ1v) is 6.95. The Morgan fingerprint density at radius 3 is 2.65 bits per heavy atom. The Hall–Kier alpha value is -1.62. The molecule has 1 aromatic carbocycles. The van der Waals surface area contributed by atoms with E-state index >= 15 is 0 Å². The van der Waals surface area contributed by atoms with Crippen molar-refractivity contribution in [2.75, 3.05) is 5.75 Å². The highest BCUT2D eigenvalue weighted by molar-refractivity contribution is 7.91. The molecule has 0 saturated heterocycles. The van der Waals surface area contributed by atoms with Gasteiger partial charge in [-0.2, -0.15) is 0 Å². The van der Waals surface area contributed by atoms with Crippen LogP contribution in [0.1, 0.15) is 13.3 Å². The maximum atomic E-state index is 11.8. The Balaban J connectivity index is 2.71. The first kappa shape index (κ1) is 11.9. The number of hydrogen-bond donors (Lipinski definition) is 0. The minimum atomic E-state index is -3.54. The van der Waals surface area contributed by atoms with E-state index < -0.39 is 15.5 Å². The molecule has 0 spiro atoms. The van der Waals surface area contributed by atoms with Gasteiger partial charge in [-0.1, -0.05) is 25.1 Å². The summed E-state index contributed by atoms with van der Waals surface area (Å²) >= 11 is 0. The predicted octanol–water partition coefficient (Wildman–Crippen LogP) is 1.98. The number of sulfone groups is 1. The molecule has 4 nitrogen and oxygen atoms in total. The fraction of sp³-hybridized carbons (Fsp3) is 0.250. The molecule has 0 saturated carbocycles. The Morgan fingerprint density at radius 2 is 1.94 bits per heavy atom. The van der Waals surface area contributed by atoms with Crippen molar-refractivity contribution in [3.63, 3.8) is 0 Å². The lowest BCUT2D eigenvalue weighted by Gasteiger charge is -2.02. The van der Waals surface area contributed by atoms with Gasteiger partial charge in [0, 0.05) is 5.39 Å². The topological polar surface area (TPSA) is 64.3 Å². The number of benzene rings is 1. The van der Waals surface area contributed by atoms with Crippen LogP contribution in [0, 0.1) is 0 Å². The van der Waals surface area contributed by atoms with Crippen molar-refractivity contribution in [3.8, 4) is 0 Å². The molecule has 0 bridgehead atoms. The smallest absolute Gasteiger partial charge is 0.355 e. The standard InChI is InChI=1S/C12H12O4S/c1-2-7-17(14,15)11-8-9-5-3-4-6-10(9)16-12(11)13/h3-6,8H,2,7H2,1H3. The van der Waals surface area contributed by atoms with Gasteiger partial charge in [-0.15, -0.1) is 0 Å². The maximum absolute atomic E-state index is 11.8. The maximum Gasteiger partial charge on any atom is 0.355 e. The molecule has 0 atom stereocenters. The fourth-order valence-corrected chi connectivity index (χ4v) is 3.00. The van der Waals surface area contributed by atoms with Gasteiger partial charge in [0.2, 0.25) is 0 Å². The molecule has 0 aliphatic rings. The van der Waals surface area contributed by atoms with E-state index in [1.165, 1.54) is 6.07 Å². The summed E-state index contributed by atoms with van der Waals surface area (Å²) in [6, 6.07) is 8.21. The van der Waals surface area contributed by atoms with Crippen LogP contribution in [0.2, 0.25) is 0 Å². The first-order valence-electron chi connectivity index (χ1n) is 5.30. The number of fused-ring (bicyclic) bond motifs is 1. The van der Waals surface area contributed by atoms with Crippen molar-refractivity contribution in [2.45, 2.75) is 18.2 Å². The van der Waals surface area contributed by atoms with Crippen LogP contribution in [0.3, 0.4) is 0 Å². The normalized spacial score (nSPS) is 11.8. The number of hydrogen-bond acceptors (Lipinski definition) is 4. The van der Waals surface area contributed by atoms with E-state index in [-0.39, 0.29) is 10.6 Å². The van der Waals surface area contributed by atoms with Gasteiger partial charge in [0.25, 0.3) is 0 Å². The Bertz CT molecular complexity index is 698. The molecular formula is C12H12O4S. The van der Waals surface area contributed by atoms with Crippen LogP contribution in [-0.4, -0.2) is 14.2 Å². The van der Waals surface area contributed by atoms with Crippen LogP contribution in [0.4, 0.5) is 0 Å². The van der Waals surface area contributed by atoms with E-state index in [0.29, 0.717) is 17.4 Å². The van der Waals surface area contributed by atoms with Crippen LogP contribution in [0.5, 0.6) is 0 Å². The summed E-state index contributed by atoms with van der Waals surface area (Å²) in [4.78, 5) is 11.4. The molecule has 1 aromatic heterocycles. The highest BCUT2D eigenvalue weighted by atomic mass is 32.2. The molecule has 0 fully saturated rings. The summed E-state index contributed by atoms with van der Waals surface area (Å²) < 4.78 is 28.7. The summed E-state index contributed by atoms with van der Waals surface area (Å²) in [6.45, 7) is 1.75. The number of para-hydroxylation sites is 1. The SMILES string of the molecule is CCCS(=O)(=O)c1cc2ccccc2oc1=O. The second-order valence-corrected chi connectivity index (χ2v) is 5.83. The average molecular weight is 252 g/mol. The third-order valence-corrected chi connectivity index (χ3v) is 4.32. The molecule has 2 aromatic rings. The average Bonchev–Trinajstić information content (AvgIpc) is 2.27. The molecule has 1 heterocycles. The largest absolute Gasteiger partial charge is 0.422 e. The second kappa shape index (κ2) is 4.33. The van der Waals surface area contributed by atoms with Gasteiger partial charge >= 0.3 is 5.63 Å². The highest BCUT2D eigenvalue weighted by Crippen LogP contribution is 2.16. The minimum Gasteiger partial charge on any atom is -0.422 e. The molecule has 0 radical (unpaired) electrons. The lowest BCUT2D eigenvalue weighted by Crippen LogP contribution is -2.16. The Kier molecular flexibility index (Phi) is 3.02. The number of rotatable bonds is 3. The first-order chi connectivity index (χ1) is 8.04. The van der Waals surface area contributed by atoms with Gasteiger partial charge in [-0.05, 0) is 18.6 Å². The summed E-state index contributed by atoms with van der Waals surface area (Å²) in [5.74, 6) is -0.0455. The summed E-state index contributed by atoms with van der Waals surface area (Å²) in [7, 11) is -3.54. The van der Waals surface area contributed by atoms with Crippen molar-refractivity contribution >= 4 is 20.8 Å². The van der Waals surface area contributed by atoms with Crippen molar-refractivity contribution < 1.29 is 12.8 Å². The van der Waals surface area contributed by atoms with E-state index in [2.05, 4.69) is 0 Å². The zero-order chi connectivity index (χ0) is 12.5. The molecule has 0 unspecified atom stereocenters.